The van der Waals surface area contributed by atoms with E-state index < -0.39 is 0 Å². The Labute approximate surface area is 64.4 Å². The van der Waals surface area contributed by atoms with Gasteiger partial charge in [0, 0.05) is 5.69 Å². The Morgan fingerprint density at radius 3 is 2.82 bits per heavy atom. The van der Waals surface area contributed by atoms with Crippen molar-refractivity contribution in [2.75, 3.05) is 5.73 Å². The second-order valence-electron chi connectivity index (χ2n) is 2.15. The SMILES string of the molecule is CCc1ccc(N=O)c(N)n1. The summed E-state index contributed by atoms with van der Waals surface area (Å²) in [7, 11) is 0. The Morgan fingerprint density at radius 1 is 1.64 bits per heavy atom. The Kier molecular flexibility index (Phi) is 2.15. The summed E-state index contributed by atoms with van der Waals surface area (Å²) < 4.78 is 0. The third-order valence-corrected chi connectivity index (χ3v) is 1.42. The quantitative estimate of drug-likeness (QED) is 0.653. The molecule has 11 heavy (non-hydrogen) atoms. The van der Waals surface area contributed by atoms with Gasteiger partial charge in [-0.25, -0.2) is 4.98 Å². The van der Waals surface area contributed by atoms with Crippen LogP contribution in [0.1, 0.15) is 12.6 Å². The maximum absolute atomic E-state index is 10.1. The van der Waals surface area contributed by atoms with Crippen LogP contribution in [0.15, 0.2) is 17.3 Å². The molecule has 1 aromatic rings. The van der Waals surface area contributed by atoms with E-state index in [0.29, 0.717) is 0 Å². The molecule has 0 aliphatic rings. The Bertz CT molecular complexity index is 272. The summed E-state index contributed by atoms with van der Waals surface area (Å²) in [5.41, 5.74) is 6.48. The Morgan fingerprint density at radius 2 is 2.36 bits per heavy atom. The first kappa shape index (κ1) is 7.65. The van der Waals surface area contributed by atoms with Crippen molar-refractivity contribution in [3.05, 3.63) is 22.7 Å². The second kappa shape index (κ2) is 3.09. The van der Waals surface area contributed by atoms with E-state index in [2.05, 4.69) is 10.2 Å². The van der Waals surface area contributed by atoms with Crippen LogP contribution in [-0.4, -0.2) is 4.98 Å². The van der Waals surface area contributed by atoms with Crippen LogP contribution in [0.3, 0.4) is 0 Å². The molecule has 0 saturated carbocycles. The molecule has 1 aromatic heterocycles. The van der Waals surface area contributed by atoms with E-state index in [1.807, 2.05) is 6.92 Å². The van der Waals surface area contributed by atoms with E-state index in [1.54, 1.807) is 12.1 Å². The molecule has 0 aliphatic carbocycles. The predicted molar refractivity (Wildman–Crippen MR) is 43.5 cm³/mol. The van der Waals surface area contributed by atoms with Crippen molar-refractivity contribution in [1.82, 2.24) is 4.98 Å². The summed E-state index contributed by atoms with van der Waals surface area (Å²) in [6.07, 6.45) is 0.809. The highest BCUT2D eigenvalue weighted by atomic mass is 16.3. The van der Waals surface area contributed by atoms with Crippen molar-refractivity contribution >= 4 is 11.5 Å². The molecular formula is C7H9N3O. The van der Waals surface area contributed by atoms with E-state index in [4.69, 9.17) is 5.73 Å². The number of nitrogen functional groups attached to an aromatic ring is 1. The molecule has 0 saturated heterocycles. The molecule has 58 valence electrons. The largest absolute Gasteiger partial charge is 0.382 e. The topological polar surface area (TPSA) is 68.3 Å². The minimum atomic E-state index is 0.208. The van der Waals surface area contributed by atoms with Crippen LogP contribution in [0, 0.1) is 4.91 Å². The molecule has 4 heteroatoms. The van der Waals surface area contributed by atoms with Gasteiger partial charge in [-0.15, -0.1) is 4.91 Å². The number of pyridine rings is 1. The lowest BCUT2D eigenvalue weighted by Crippen LogP contribution is -1.94. The number of aromatic nitrogens is 1. The predicted octanol–water partition coefficient (Wildman–Crippen LogP) is 1.62. The number of rotatable bonds is 2. The van der Waals surface area contributed by atoms with E-state index >= 15 is 0 Å². The molecule has 0 fully saturated rings. The number of hydrogen-bond donors (Lipinski definition) is 1. The molecule has 0 unspecified atom stereocenters. The number of hydrogen-bond acceptors (Lipinski definition) is 4. The van der Waals surface area contributed by atoms with Gasteiger partial charge in [0.1, 0.15) is 5.69 Å². The van der Waals surface area contributed by atoms with Crippen LogP contribution in [-0.2, 0) is 6.42 Å². The zero-order chi connectivity index (χ0) is 8.27. The van der Waals surface area contributed by atoms with Crippen LogP contribution in [0.25, 0.3) is 0 Å². The van der Waals surface area contributed by atoms with Crippen LogP contribution in [0.2, 0.25) is 0 Å². The third kappa shape index (κ3) is 1.52. The smallest absolute Gasteiger partial charge is 0.153 e. The number of nitrogens with zero attached hydrogens (tertiary/aromatic N) is 2. The Balaban J connectivity index is 3.09. The summed E-state index contributed by atoms with van der Waals surface area (Å²) >= 11 is 0. The number of anilines is 1. The molecule has 0 atom stereocenters. The molecule has 0 radical (unpaired) electrons. The van der Waals surface area contributed by atoms with E-state index in [0.717, 1.165) is 12.1 Å². The molecule has 0 spiro atoms. The molecule has 1 rings (SSSR count). The van der Waals surface area contributed by atoms with E-state index in [1.165, 1.54) is 0 Å². The van der Waals surface area contributed by atoms with Gasteiger partial charge in [-0.05, 0) is 23.7 Å². The lowest BCUT2D eigenvalue weighted by atomic mass is 10.3. The maximum atomic E-state index is 10.1. The number of aryl methyl sites for hydroxylation is 1. The lowest BCUT2D eigenvalue weighted by Gasteiger charge is -1.98. The van der Waals surface area contributed by atoms with Gasteiger partial charge in [0.15, 0.2) is 5.82 Å². The first-order valence-corrected chi connectivity index (χ1v) is 3.36. The van der Waals surface area contributed by atoms with Crippen LogP contribution < -0.4 is 5.73 Å². The monoisotopic (exact) mass is 151 g/mol. The van der Waals surface area contributed by atoms with Gasteiger partial charge in [0.2, 0.25) is 0 Å². The first-order valence-electron chi connectivity index (χ1n) is 3.36. The molecule has 0 aliphatic heterocycles. The second-order valence-corrected chi connectivity index (χ2v) is 2.15. The number of nitroso groups, excluding NO2 is 1. The van der Waals surface area contributed by atoms with Crippen LogP contribution in [0.4, 0.5) is 11.5 Å². The van der Waals surface area contributed by atoms with Gasteiger partial charge in [-0.1, -0.05) is 6.92 Å². The average molecular weight is 151 g/mol. The summed E-state index contributed by atoms with van der Waals surface area (Å²) in [6, 6.07) is 3.32. The highest BCUT2D eigenvalue weighted by molar-refractivity contribution is 5.56. The molecule has 4 nitrogen and oxygen atoms in total. The standard InChI is InChI=1S/C7H9N3O/c1-2-5-3-4-6(10-11)7(8)9-5/h3-4H,2H2,1H3,(H2,8,9). The summed E-state index contributed by atoms with van der Waals surface area (Å²) in [6.45, 7) is 1.97. The minimum Gasteiger partial charge on any atom is -0.382 e. The van der Waals surface area contributed by atoms with Crippen molar-refractivity contribution in [3.63, 3.8) is 0 Å². The van der Waals surface area contributed by atoms with Gasteiger partial charge in [0.05, 0.1) is 0 Å². The van der Waals surface area contributed by atoms with Crippen LogP contribution in [0.5, 0.6) is 0 Å². The van der Waals surface area contributed by atoms with E-state index in [9.17, 15) is 4.91 Å². The summed E-state index contributed by atoms with van der Waals surface area (Å²) in [4.78, 5) is 14.0. The maximum Gasteiger partial charge on any atom is 0.153 e. The lowest BCUT2D eigenvalue weighted by molar-refractivity contribution is 1.04. The van der Waals surface area contributed by atoms with Gasteiger partial charge >= 0.3 is 0 Å². The normalized spacial score (nSPS) is 9.55. The fraction of sp³-hybridized carbons (Fsp3) is 0.286. The Hall–Kier alpha value is -1.45. The number of nitrogens with two attached hydrogens (primary N) is 1. The molecule has 0 aromatic carbocycles. The van der Waals surface area contributed by atoms with Gasteiger partial charge in [-0.2, -0.15) is 0 Å². The molecular weight excluding hydrogens is 142 g/mol. The molecule has 0 amide bonds. The third-order valence-electron chi connectivity index (χ3n) is 1.42. The summed E-state index contributed by atoms with van der Waals surface area (Å²) in [5, 5.41) is 2.71. The van der Waals surface area contributed by atoms with Crippen molar-refractivity contribution in [3.8, 4) is 0 Å². The zero-order valence-electron chi connectivity index (χ0n) is 6.24. The van der Waals surface area contributed by atoms with Crippen molar-refractivity contribution in [2.45, 2.75) is 13.3 Å². The molecule has 2 N–H and O–H groups in total. The molecule has 1 heterocycles. The highest BCUT2D eigenvalue weighted by Crippen LogP contribution is 2.18. The first-order chi connectivity index (χ1) is 5.27. The van der Waals surface area contributed by atoms with E-state index in [-0.39, 0.29) is 11.5 Å². The van der Waals surface area contributed by atoms with Crippen LogP contribution >= 0.6 is 0 Å². The summed E-state index contributed by atoms with van der Waals surface area (Å²) in [5.74, 6) is 0.208. The fourth-order valence-corrected chi connectivity index (χ4v) is 0.784. The van der Waals surface area contributed by atoms with Crippen molar-refractivity contribution in [1.29, 1.82) is 0 Å². The fourth-order valence-electron chi connectivity index (χ4n) is 0.784. The van der Waals surface area contributed by atoms with Crippen molar-refractivity contribution < 1.29 is 0 Å². The molecule has 0 bridgehead atoms. The zero-order valence-corrected chi connectivity index (χ0v) is 6.24. The van der Waals surface area contributed by atoms with Crippen molar-refractivity contribution in [2.24, 2.45) is 5.18 Å². The average Bonchev–Trinajstić information content (AvgIpc) is 2.04. The minimum absolute atomic E-state index is 0.208. The van der Waals surface area contributed by atoms with Gasteiger partial charge in [0.25, 0.3) is 0 Å². The van der Waals surface area contributed by atoms with Gasteiger partial charge < -0.3 is 5.73 Å². The highest BCUT2D eigenvalue weighted by Gasteiger charge is 1.99. The van der Waals surface area contributed by atoms with Gasteiger partial charge in [-0.3, -0.25) is 0 Å².